The van der Waals surface area contributed by atoms with Gasteiger partial charge < -0.3 is 14.6 Å². The average Bonchev–Trinajstić information content (AvgIpc) is 3.06. The van der Waals surface area contributed by atoms with Gasteiger partial charge in [-0.1, -0.05) is 0 Å². The number of aromatic nitrogens is 4. The fourth-order valence-corrected chi connectivity index (χ4v) is 3.63. The van der Waals surface area contributed by atoms with E-state index >= 15 is 0 Å². The maximum atomic E-state index is 11.9. The minimum absolute atomic E-state index is 0.115. The van der Waals surface area contributed by atoms with Crippen molar-refractivity contribution in [3.8, 4) is 0 Å². The minimum Gasteiger partial charge on any atom is -0.383 e. The first kappa shape index (κ1) is 17.2. The molecule has 1 N–H and O–H groups in total. The van der Waals surface area contributed by atoms with Crippen LogP contribution >= 0.6 is 0 Å². The van der Waals surface area contributed by atoms with Crippen LogP contribution in [0.4, 0.5) is 5.69 Å². The molecule has 8 heteroatoms. The number of nitrogens with zero attached hydrogens (tertiary/aromatic N) is 5. The largest absolute Gasteiger partial charge is 0.383 e. The summed E-state index contributed by atoms with van der Waals surface area (Å²) in [6.45, 7) is 2.37. The fraction of sp³-hybridized carbons (Fsp3) is 0.611. The van der Waals surface area contributed by atoms with Crippen molar-refractivity contribution in [1.82, 2.24) is 24.2 Å². The average molecular weight is 358 g/mol. The quantitative estimate of drug-likeness (QED) is 0.810. The summed E-state index contributed by atoms with van der Waals surface area (Å²) in [6.07, 6.45) is 10.5. The highest BCUT2D eigenvalue weighted by atomic mass is 16.5. The van der Waals surface area contributed by atoms with Crippen LogP contribution in [0.1, 0.15) is 31.1 Å². The number of rotatable bonds is 7. The molecule has 1 saturated heterocycles. The summed E-state index contributed by atoms with van der Waals surface area (Å²) in [6, 6.07) is 0.595. The van der Waals surface area contributed by atoms with Gasteiger partial charge in [0.1, 0.15) is 5.82 Å². The van der Waals surface area contributed by atoms with E-state index in [0.29, 0.717) is 12.6 Å². The number of hydrogen-bond acceptors (Lipinski definition) is 5. The molecule has 2 fully saturated rings. The smallest absolute Gasteiger partial charge is 0.227 e. The second-order valence-corrected chi connectivity index (χ2v) is 7.36. The molecule has 2 aromatic heterocycles. The summed E-state index contributed by atoms with van der Waals surface area (Å²) < 4.78 is 9.45. The number of anilines is 1. The number of ether oxygens (including phenoxy) is 1. The van der Waals surface area contributed by atoms with Gasteiger partial charge in [-0.25, -0.2) is 4.98 Å². The molecule has 1 aliphatic carbocycles. The second-order valence-electron chi connectivity index (χ2n) is 7.36. The van der Waals surface area contributed by atoms with Crippen LogP contribution in [0.15, 0.2) is 24.8 Å². The Balaban J connectivity index is 1.43. The lowest BCUT2D eigenvalue weighted by atomic mass is 10.2. The predicted octanol–water partition coefficient (Wildman–Crippen LogP) is 1.43. The zero-order valence-electron chi connectivity index (χ0n) is 15.3. The molecule has 1 saturated carbocycles. The Hall–Kier alpha value is -2.19. The molecular weight excluding hydrogens is 332 g/mol. The van der Waals surface area contributed by atoms with E-state index in [4.69, 9.17) is 4.74 Å². The van der Waals surface area contributed by atoms with Gasteiger partial charge in [-0.2, -0.15) is 5.10 Å². The molecule has 0 radical (unpaired) electrons. The third-order valence-electron chi connectivity index (χ3n) is 5.32. The Kier molecular flexibility index (Phi) is 4.78. The van der Waals surface area contributed by atoms with E-state index < -0.39 is 0 Å². The Labute approximate surface area is 153 Å². The summed E-state index contributed by atoms with van der Waals surface area (Å²) >= 11 is 0. The van der Waals surface area contributed by atoms with E-state index in [1.54, 1.807) is 13.3 Å². The predicted molar refractivity (Wildman–Crippen MR) is 96.5 cm³/mol. The lowest BCUT2D eigenvalue weighted by Crippen LogP contribution is -2.33. The van der Waals surface area contributed by atoms with Crippen molar-refractivity contribution in [2.24, 2.45) is 13.0 Å². The van der Waals surface area contributed by atoms with Crippen LogP contribution in [0.3, 0.4) is 0 Å². The van der Waals surface area contributed by atoms with Crippen LogP contribution in [0, 0.1) is 5.92 Å². The maximum absolute atomic E-state index is 11.9. The van der Waals surface area contributed by atoms with Crippen LogP contribution in [0.2, 0.25) is 0 Å². The molecule has 2 aliphatic rings. The highest BCUT2D eigenvalue weighted by Gasteiger charge is 2.34. The first-order valence-electron chi connectivity index (χ1n) is 9.18. The number of aryl methyl sites for hydroxylation is 1. The van der Waals surface area contributed by atoms with Gasteiger partial charge in [0.2, 0.25) is 5.91 Å². The number of nitrogens with one attached hydrogen (secondary N) is 1. The van der Waals surface area contributed by atoms with Crippen molar-refractivity contribution in [2.75, 3.05) is 25.6 Å². The highest BCUT2D eigenvalue weighted by molar-refractivity contribution is 5.93. The molecule has 4 rings (SSSR count). The molecule has 2 atom stereocenters. The van der Waals surface area contributed by atoms with Crippen molar-refractivity contribution >= 4 is 11.6 Å². The van der Waals surface area contributed by atoms with Gasteiger partial charge in [0.15, 0.2) is 0 Å². The molecule has 140 valence electrons. The zero-order valence-corrected chi connectivity index (χ0v) is 15.3. The fourth-order valence-electron chi connectivity index (χ4n) is 3.63. The van der Waals surface area contributed by atoms with Gasteiger partial charge in [-0.15, -0.1) is 0 Å². The third kappa shape index (κ3) is 3.66. The first-order valence-corrected chi connectivity index (χ1v) is 9.18. The van der Waals surface area contributed by atoms with E-state index in [-0.39, 0.29) is 17.9 Å². The summed E-state index contributed by atoms with van der Waals surface area (Å²) in [7, 11) is 3.76. The van der Waals surface area contributed by atoms with Crippen LogP contribution in [-0.4, -0.2) is 56.4 Å². The highest BCUT2D eigenvalue weighted by Crippen LogP contribution is 2.31. The van der Waals surface area contributed by atoms with Crippen LogP contribution in [0.5, 0.6) is 0 Å². The zero-order chi connectivity index (χ0) is 18.1. The Morgan fingerprint density at radius 3 is 2.96 bits per heavy atom. The van der Waals surface area contributed by atoms with Crippen LogP contribution < -0.4 is 5.32 Å². The molecule has 0 unspecified atom stereocenters. The number of methoxy groups -OCH3 is 1. The van der Waals surface area contributed by atoms with Crippen molar-refractivity contribution < 1.29 is 9.53 Å². The topological polar surface area (TPSA) is 77.2 Å². The molecule has 3 heterocycles. The minimum atomic E-state index is 0.115. The molecule has 1 amide bonds. The number of amides is 1. The number of likely N-dealkylation sites (tertiary alicyclic amines) is 1. The Morgan fingerprint density at radius 1 is 1.42 bits per heavy atom. The van der Waals surface area contributed by atoms with Crippen LogP contribution in [-0.2, 0) is 23.1 Å². The standard InChI is InChI=1S/C18H26N6O2/c1-22-6-5-19-17(22)11-23-10-15(7-16(23)12-26-2)24-9-14(8-20-24)21-18(25)13-3-4-13/h5-6,8-9,13,15-16H,3-4,7,10-12H2,1-2H3,(H,21,25)/t15-,16-/m0/s1. The molecule has 1 aliphatic heterocycles. The molecule has 2 aromatic rings. The third-order valence-corrected chi connectivity index (χ3v) is 5.32. The van der Waals surface area contributed by atoms with E-state index in [9.17, 15) is 4.79 Å². The van der Waals surface area contributed by atoms with E-state index in [2.05, 4.69) is 24.9 Å². The first-order chi connectivity index (χ1) is 12.6. The maximum Gasteiger partial charge on any atom is 0.227 e. The van der Waals surface area contributed by atoms with Crippen LogP contribution in [0.25, 0.3) is 0 Å². The lowest BCUT2D eigenvalue weighted by molar-refractivity contribution is -0.117. The monoisotopic (exact) mass is 358 g/mol. The Morgan fingerprint density at radius 2 is 2.27 bits per heavy atom. The van der Waals surface area contributed by atoms with Gasteiger partial charge in [-0.3, -0.25) is 14.4 Å². The summed E-state index contributed by atoms with van der Waals surface area (Å²) in [5, 5.41) is 7.45. The number of imidazole rings is 1. The van der Waals surface area contributed by atoms with Gasteiger partial charge >= 0.3 is 0 Å². The van der Waals surface area contributed by atoms with Crippen molar-refractivity contribution in [1.29, 1.82) is 0 Å². The van der Waals surface area contributed by atoms with Crippen molar-refractivity contribution in [3.63, 3.8) is 0 Å². The Bertz CT molecular complexity index is 765. The molecule has 0 spiro atoms. The summed E-state index contributed by atoms with van der Waals surface area (Å²) in [5.41, 5.74) is 0.785. The summed E-state index contributed by atoms with van der Waals surface area (Å²) in [4.78, 5) is 18.8. The van der Waals surface area contributed by atoms with Gasteiger partial charge in [0, 0.05) is 51.3 Å². The van der Waals surface area contributed by atoms with Crippen molar-refractivity contribution in [2.45, 2.75) is 37.9 Å². The van der Waals surface area contributed by atoms with Gasteiger partial charge in [0.25, 0.3) is 0 Å². The SMILES string of the molecule is COC[C@@H]1C[C@H](n2cc(NC(=O)C3CC3)cn2)CN1Cc1nccn1C. The number of carbonyl (C=O) groups excluding carboxylic acids is 1. The van der Waals surface area contributed by atoms with E-state index in [1.807, 2.05) is 30.3 Å². The normalized spacial score (nSPS) is 23.5. The molecule has 0 aromatic carbocycles. The molecule has 0 bridgehead atoms. The molecule has 8 nitrogen and oxygen atoms in total. The van der Waals surface area contributed by atoms with E-state index in [1.165, 1.54) is 0 Å². The second kappa shape index (κ2) is 7.20. The van der Waals surface area contributed by atoms with Gasteiger partial charge in [0.05, 0.1) is 31.1 Å². The number of hydrogen-bond donors (Lipinski definition) is 1. The van der Waals surface area contributed by atoms with E-state index in [0.717, 1.165) is 43.9 Å². The summed E-state index contributed by atoms with van der Waals surface area (Å²) in [5.74, 6) is 1.36. The number of carbonyl (C=O) groups is 1. The molecule has 26 heavy (non-hydrogen) atoms. The van der Waals surface area contributed by atoms with Gasteiger partial charge in [-0.05, 0) is 19.3 Å². The van der Waals surface area contributed by atoms with Crippen molar-refractivity contribution in [3.05, 3.63) is 30.6 Å². The molecular formula is C18H26N6O2. The lowest BCUT2D eigenvalue weighted by Gasteiger charge is -2.22.